The van der Waals surface area contributed by atoms with Crippen LogP contribution in [0.1, 0.15) is 29.7 Å². The fourth-order valence-electron chi connectivity index (χ4n) is 1.63. The first-order valence-corrected chi connectivity index (χ1v) is 8.37. The van der Waals surface area contributed by atoms with Crippen LogP contribution in [0.3, 0.4) is 0 Å². The molecule has 0 saturated carbocycles. The lowest BCUT2D eigenvalue weighted by Crippen LogP contribution is -2.32. The van der Waals surface area contributed by atoms with E-state index in [0.717, 1.165) is 4.88 Å². The van der Waals surface area contributed by atoms with Crippen LogP contribution in [0.5, 0.6) is 0 Å². The van der Waals surface area contributed by atoms with E-state index in [1.165, 1.54) is 4.88 Å². The summed E-state index contributed by atoms with van der Waals surface area (Å²) in [5.74, 6) is 0.264. The topological polar surface area (TPSA) is 55.4 Å². The van der Waals surface area contributed by atoms with E-state index in [-0.39, 0.29) is 24.3 Å². The highest BCUT2D eigenvalue weighted by Crippen LogP contribution is 2.24. The third kappa shape index (κ3) is 5.06. The Morgan fingerprint density at radius 3 is 2.50 bits per heavy atom. The zero-order valence-corrected chi connectivity index (χ0v) is 12.9. The summed E-state index contributed by atoms with van der Waals surface area (Å²) in [4.78, 5) is 2.24. The average Bonchev–Trinajstić information content (AvgIpc) is 2.63. The van der Waals surface area contributed by atoms with E-state index >= 15 is 0 Å². The molecule has 1 N–H and O–H groups in total. The first-order valence-electron chi connectivity index (χ1n) is 5.90. The van der Waals surface area contributed by atoms with Crippen LogP contribution in [0.2, 0.25) is 0 Å². The minimum absolute atomic E-state index is 0.118. The second kappa shape index (κ2) is 6.65. The van der Waals surface area contributed by atoms with Gasteiger partial charge in [0, 0.05) is 23.4 Å². The standard InChI is InChI=1S/C12H21NO3S2/c1-9(2)8-18(14,15)13-7-11(16-4)12-6-5-10(3)17-12/h5-6,9,11,13H,7-8H2,1-4H3/t11-/m0/s1. The quantitative estimate of drug-likeness (QED) is 0.839. The Balaban J connectivity index is 2.60. The van der Waals surface area contributed by atoms with Gasteiger partial charge < -0.3 is 4.74 Å². The van der Waals surface area contributed by atoms with Crippen LogP contribution in [0.15, 0.2) is 12.1 Å². The van der Waals surface area contributed by atoms with Crippen LogP contribution in [0, 0.1) is 12.8 Å². The lowest BCUT2D eigenvalue weighted by Gasteiger charge is -2.15. The first-order chi connectivity index (χ1) is 8.34. The Kier molecular flexibility index (Phi) is 5.78. The average molecular weight is 291 g/mol. The predicted octanol–water partition coefficient (Wildman–Crippen LogP) is 2.32. The largest absolute Gasteiger partial charge is 0.375 e. The molecule has 18 heavy (non-hydrogen) atoms. The number of ether oxygens (including phenoxy) is 1. The van der Waals surface area contributed by atoms with E-state index in [1.54, 1.807) is 18.4 Å². The van der Waals surface area contributed by atoms with Crippen LogP contribution in [0.4, 0.5) is 0 Å². The molecular formula is C12H21NO3S2. The summed E-state index contributed by atoms with van der Waals surface area (Å²) < 4.78 is 31.4. The van der Waals surface area contributed by atoms with Crippen LogP contribution < -0.4 is 4.72 Å². The van der Waals surface area contributed by atoms with Crippen molar-refractivity contribution in [2.75, 3.05) is 19.4 Å². The number of hydrogen-bond acceptors (Lipinski definition) is 4. The van der Waals surface area contributed by atoms with Gasteiger partial charge in [0.25, 0.3) is 0 Å². The first kappa shape index (κ1) is 15.6. The van der Waals surface area contributed by atoms with Crippen molar-refractivity contribution in [1.29, 1.82) is 0 Å². The number of hydrogen-bond donors (Lipinski definition) is 1. The summed E-state index contributed by atoms with van der Waals surface area (Å²) in [6, 6.07) is 3.99. The number of rotatable bonds is 7. The molecule has 1 atom stereocenters. The number of methoxy groups -OCH3 is 1. The molecule has 104 valence electrons. The van der Waals surface area contributed by atoms with Crippen molar-refractivity contribution in [1.82, 2.24) is 4.72 Å². The molecule has 0 saturated heterocycles. The fraction of sp³-hybridized carbons (Fsp3) is 0.667. The normalized spacial score (nSPS) is 14.1. The maximum atomic E-state index is 11.7. The summed E-state index contributed by atoms with van der Waals surface area (Å²) in [6.07, 6.45) is -0.217. The van der Waals surface area contributed by atoms with Gasteiger partial charge in [0.05, 0.1) is 5.75 Å². The van der Waals surface area contributed by atoms with Gasteiger partial charge in [-0.3, -0.25) is 0 Å². The lowest BCUT2D eigenvalue weighted by atomic mass is 10.3. The van der Waals surface area contributed by atoms with Crippen molar-refractivity contribution in [3.63, 3.8) is 0 Å². The summed E-state index contributed by atoms with van der Waals surface area (Å²) in [7, 11) is -1.62. The molecule has 0 fully saturated rings. The lowest BCUT2D eigenvalue weighted by molar-refractivity contribution is 0.110. The number of sulfonamides is 1. The van der Waals surface area contributed by atoms with Gasteiger partial charge in [-0.2, -0.15) is 0 Å². The van der Waals surface area contributed by atoms with Crippen LogP contribution >= 0.6 is 11.3 Å². The number of aryl methyl sites for hydroxylation is 1. The minimum atomic E-state index is -3.21. The van der Waals surface area contributed by atoms with Crippen LogP contribution in [0.25, 0.3) is 0 Å². The van der Waals surface area contributed by atoms with Gasteiger partial charge >= 0.3 is 0 Å². The second-order valence-electron chi connectivity index (χ2n) is 4.70. The predicted molar refractivity (Wildman–Crippen MR) is 75.4 cm³/mol. The van der Waals surface area contributed by atoms with Crippen LogP contribution in [-0.4, -0.2) is 27.8 Å². The highest BCUT2D eigenvalue weighted by Gasteiger charge is 2.18. The molecule has 1 aromatic heterocycles. The molecule has 0 amide bonds. The van der Waals surface area contributed by atoms with Crippen molar-refractivity contribution in [3.05, 3.63) is 21.9 Å². The number of nitrogens with one attached hydrogen (secondary N) is 1. The molecule has 1 heterocycles. The molecule has 4 nitrogen and oxygen atoms in total. The summed E-state index contributed by atoms with van der Waals surface area (Å²) in [6.45, 7) is 6.07. The Hall–Kier alpha value is -0.430. The minimum Gasteiger partial charge on any atom is -0.375 e. The second-order valence-corrected chi connectivity index (χ2v) is 7.87. The Bertz CT molecular complexity index is 465. The van der Waals surface area contributed by atoms with E-state index < -0.39 is 10.0 Å². The molecule has 6 heteroatoms. The Morgan fingerprint density at radius 2 is 2.06 bits per heavy atom. The van der Waals surface area contributed by atoms with Gasteiger partial charge in [-0.25, -0.2) is 13.1 Å². The van der Waals surface area contributed by atoms with Gasteiger partial charge in [0.2, 0.25) is 10.0 Å². The van der Waals surface area contributed by atoms with Crippen LogP contribution in [-0.2, 0) is 14.8 Å². The van der Waals surface area contributed by atoms with Crippen molar-refractivity contribution in [2.24, 2.45) is 5.92 Å². The van der Waals surface area contributed by atoms with E-state index in [9.17, 15) is 8.42 Å². The Labute approximate surface area is 113 Å². The molecule has 1 rings (SSSR count). The maximum absolute atomic E-state index is 11.7. The third-order valence-electron chi connectivity index (χ3n) is 2.40. The molecule has 0 aromatic carbocycles. The highest BCUT2D eigenvalue weighted by atomic mass is 32.2. The molecule has 0 spiro atoms. The fourth-order valence-corrected chi connectivity index (χ4v) is 3.98. The molecule has 0 aliphatic heterocycles. The third-order valence-corrected chi connectivity index (χ3v) is 5.21. The van der Waals surface area contributed by atoms with Gasteiger partial charge in [-0.1, -0.05) is 13.8 Å². The molecule has 0 aliphatic rings. The van der Waals surface area contributed by atoms with Gasteiger partial charge in [0.1, 0.15) is 6.10 Å². The number of thiophene rings is 1. The van der Waals surface area contributed by atoms with E-state index in [2.05, 4.69) is 4.72 Å². The smallest absolute Gasteiger partial charge is 0.211 e. The van der Waals surface area contributed by atoms with Crippen molar-refractivity contribution in [2.45, 2.75) is 26.9 Å². The van der Waals surface area contributed by atoms with Gasteiger partial charge in [-0.05, 0) is 25.0 Å². The van der Waals surface area contributed by atoms with Crippen molar-refractivity contribution >= 4 is 21.4 Å². The molecule has 0 bridgehead atoms. The van der Waals surface area contributed by atoms with E-state index in [1.807, 2.05) is 32.9 Å². The SMILES string of the molecule is CO[C@@H](CNS(=O)(=O)CC(C)C)c1ccc(C)s1. The van der Waals surface area contributed by atoms with E-state index in [0.29, 0.717) is 0 Å². The zero-order valence-electron chi connectivity index (χ0n) is 11.3. The van der Waals surface area contributed by atoms with Gasteiger partial charge in [0.15, 0.2) is 0 Å². The van der Waals surface area contributed by atoms with E-state index in [4.69, 9.17) is 4.74 Å². The molecular weight excluding hydrogens is 270 g/mol. The van der Waals surface area contributed by atoms with Crippen molar-refractivity contribution in [3.8, 4) is 0 Å². The molecule has 0 unspecified atom stereocenters. The monoisotopic (exact) mass is 291 g/mol. The molecule has 1 aromatic rings. The highest BCUT2D eigenvalue weighted by molar-refractivity contribution is 7.89. The molecule has 0 aliphatic carbocycles. The maximum Gasteiger partial charge on any atom is 0.211 e. The summed E-state index contributed by atoms with van der Waals surface area (Å²) in [5.41, 5.74) is 0. The summed E-state index contributed by atoms with van der Waals surface area (Å²) in [5, 5.41) is 0. The summed E-state index contributed by atoms with van der Waals surface area (Å²) >= 11 is 1.63. The van der Waals surface area contributed by atoms with Gasteiger partial charge in [-0.15, -0.1) is 11.3 Å². The van der Waals surface area contributed by atoms with Crippen molar-refractivity contribution < 1.29 is 13.2 Å². The Morgan fingerprint density at radius 1 is 1.39 bits per heavy atom. The zero-order chi connectivity index (χ0) is 13.8. The molecule has 0 radical (unpaired) electrons.